The first-order valence-corrected chi connectivity index (χ1v) is 7.93. The number of nitrogens with one attached hydrogen (secondary N) is 3. The number of rotatable bonds is 7. The summed E-state index contributed by atoms with van der Waals surface area (Å²) in [6, 6.07) is 1.09. The molecule has 1 unspecified atom stereocenters. The SMILES string of the molecule is CCNC(=NCCNc1nccc(C(F)(F)F)n1)NC(C)C(C)C. The first kappa shape index (κ1) is 20.0. The van der Waals surface area contributed by atoms with Gasteiger partial charge in [0.05, 0.1) is 6.54 Å². The van der Waals surface area contributed by atoms with Crippen LogP contribution in [0.3, 0.4) is 0 Å². The maximum atomic E-state index is 12.6. The minimum Gasteiger partial charge on any atom is -0.357 e. The normalized spacial score (nSPS) is 13.8. The van der Waals surface area contributed by atoms with Crippen molar-refractivity contribution in [3.8, 4) is 0 Å². The summed E-state index contributed by atoms with van der Waals surface area (Å²) in [7, 11) is 0. The Kier molecular flexibility index (Phi) is 7.73. The Morgan fingerprint density at radius 3 is 2.58 bits per heavy atom. The van der Waals surface area contributed by atoms with Crippen LogP contribution in [0.1, 0.15) is 33.4 Å². The lowest BCUT2D eigenvalue weighted by Gasteiger charge is -2.20. The molecular weight excluding hydrogens is 321 g/mol. The maximum Gasteiger partial charge on any atom is 0.433 e. The van der Waals surface area contributed by atoms with Gasteiger partial charge in [0.25, 0.3) is 0 Å². The number of halogens is 3. The molecule has 1 aromatic rings. The van der Waals surface area contributed by atoms with Crippen molar-refractivity contribution < 1.29 is 13.2 Å². The molecule has 1 aromatic heterocycles. The van der Waals surface area contributed by atoms with Crippen LogP contribution < -0.4 is 16.0 Å². The standard InChI is InChI=1S/C15H25F3N6/c1-5-19-13(23-11(4)10(2)3)21-8-9-22-14-20-7-6-12(24-14)15(16,17)18/h6-7,10-11H,5,8-9H2,1-4H3,(H2,19,21,23)(H,20,22,24). The van der Waals surface area contributed by atoms with Gasteiger partial charge in [-0.3, -0.25) is 4.99 Å². The zero-order chi connectivity index (χ0) is 18.2. The second-order valence-electron chi connectivity index (χ2n) is 5.63. The van der Waals surface area contributed by atoms with E-state index in [0.717, 1.165) is 18.8 Å². The molecule has 1 heterocycles. The van der Waals surface area contributed by atoms with Gasteiger partial charge in [-0.15, -0.1) is 0 Å². The number of aromatic nitrogens is 2. The zero-order valence-corrected chi connectivity index (χ0v) is 14.4. The molecule has 1 atom stereocenters. The molecule has 3 N–H and O–H groups in total. The summed E-state index contributed by atoms with van der Waals surface area (Å²) >= 11 is 0. The Bertz CT molecular complexity index is 530. The van der Waals surface area contributed by atoms with E-state index in [-0.39, 0.29) is 12.0 Å². The van der Waals surface area contributed by atoms with E-state index in [1.54, 1.807) is 0 Å². The number of anilines is 1. The largest absolute Gasteiger partial charge is 0.433 e. The summed E-state index contributed by atoms with van der Waals surface area (Å²) in [6.45, 7) is 9.66. The summed E-state index contributed by atoms with van der Waals surface area (Å²) in [6.07, 6.45) is -3.40. The van der Waals surface area contributed by atoms with Gasteiger partial charge in [-0.05, 0) is 25.8 Å². The van der Waals surface area contributed by atoms with Gasteiger partial charge in [-0.1, -0.05) is 13.8 Å². The van der Waals surface area contributed by atoms with Gasteiger partial charge in [0.2, 0.25) is 5.95 Å². The van der Waals surface area contributed by atoms with Gasteiger partial charge < -0.3 is 16.0 Å². The van der Waals surface area contributed by atoms with Gasteiger partial charge in [-0.2, -0.15) is 13.2 Å². The van der Waals surface area contributed by atoms with Gasteiger partial charge >= 0.3 is 6.18 Å². The lowest BCUT2D eigenvalue weighted by Crippen LogP contribution is -2.44. The Labute approximate surface area is 140 Å². The molecule has 0 aromatic carbocycles. The molecule has 0 bridgehead atoms. The first-order chi connectivity index (χ1) is 11.2. The Hall–Kier alpha value is -2.06. The molecule has 0 aliphatic heterocycles. The summed E-state index contributed by atoms with van der Waals surface area (Å²) < 4.78 is 37.7. The van der Waals surface area contributed by atoms with Crippen molar-refractivity contribution in [2.45, 2.75) is 39.9 Å². The summed E-state index contributed by atoms with van der Waals surface area (Å²) in [5.41, 5.74) is -0.968. The summed E-state index contributed by atoms with van der Waals surface area (Å²) in [4.78, 5) is 11.6. The quantitative estimate of drug-likeness (QED) is 0.402. The highest BCUT2D eigenvalue weighted by Crippen LogP contribution is 2.27. The molecule has 0 radical (unpaired) electrons. The van der Waals surface area contributed by atoms with Gasteiger partial charge in [0.1, 0.15) is 5.69 Å². The summed E-state index contributed by atoms with van der Waals surface area (Å²) in [5.74, 6) is 1.06. The van der Waals surface area contributed by atoms with Crippen molar-refractivity contribution in [1.82, 2.24) is 20.6 Å². The number of hydrogen-bond acceptors (Lipinski definition) is 4. The van der Waals surface area contributed by atoms with E-state index in [1.807, 2.05) is 6.92 Å². The lowest BCUT2D eigenvalue weighted by molar-refractivity contribution is -0.141. The molecule has 6 nitrogen and oxygen atoms in total. The van der Waals surface area contributed by atoms with Crippen molar-refractivity contribution in [1.29, 1.82) is 0 Å². The topological polar surface area (TPSA) is 74.2 Å². The molecule has 0 saturated heterocycles. The van der Waals surface area contributed by atoms with Crippen LogP contribution in [0.4, 0.5) is 19.1 Å². The number of aliphatic imine (C=N–C) groups is 1. The van der Waals surface area contributed by atoms with Crippen LogP contribution in [-0.4, -0.2) is 41.6 Å². The fourth-order valence-corrected chi connectivity index (χ4v) is 1.64. The highest BCUT2D eigenvalue weighted by molar-refractivity contribution is 5.80. The van der Waals surface area contributed by atoms with Crippen LogP contribution in [0, 0.1) is 5.92 Å². The van der Waals surface area contributed by atoms with Gasteiger partial charge in [-0.25, -0.2) is 9.97 Å². The fraction of sp³-hybridized carbons (Fsp3) is 0.667. The highest BCUT2D eigenvalue weighted by Gasteiger charge is 2.32. The molecule has 0 aliphatic carbocycles. The Balaban J connectivity index is 2.55. The third-order valence-electron chi connectivity index (χ3n) is 3.32. The van der Waals surface area contributed by atoms with E-state index in [2.05, 4.69) is 51.7 Å². The molecule has 9 heteroatoms. The van der Waals surface area contributed by atoms with Crippen LogP contribution in [0.15, 0.2) is 17.3 Å². The van der Waals surface area contributed by atoms with Crippen LogP contribution >= 0.6 is 0 Å². The average Bonchev–Trinajstić information content (AvgIpc) is 2.51. The number of hydrogen-bond donors (Lipinski definition) is 3. The summed E-state index contributed by atoms with van der Waals surface area (Å²) in [5, 5.41) is 9.15. The predicted octanol–water partition coefficient (Wildman–Crippen LogP) is 2.51. The van der Waals surface area contributed by atoms with E-state index in [9.17, 15) is 13.2 Å². The van der Waals surface area contributed by atoms with Crippen LogP contribution in [-0.2, 0) is 6.18 Å². The van der Waals surface area contributed by atoms with Gasteiger partial charge in [0, 0.05) is 25.3 Å². The molecular formula is C15H25F3N6. The number of alkyl halides is 3. The number of nitrogens with zero attached hydrogens (tertiary/aromatic N) is 3. The van der Waals surface area contributed by atoms with E-state index in [0.29, 0.717) is 25.0 Å². The first-order valence-electron chi connectivity index (χ1n) is 7.93. The molecule has 0 fully saturated rings. The Morgan fingerprint density at radius 2 is 2.00 bits per heavy atom. The van der Waals surface area contributed by atoms with E-state index in [1.165, 1.54) is 0 Å². The predicted molar refractivity (Wildman–Crippen MR) is 88.9 cm³/mol. The molecule has 0 aliphatic rings. The van der Waals surface area contributed by atoms with E-state index < -0.39 is 11.9 Å². The van der Waals surface area contributed by atoms with Crippen LogP contribution in [0.5, 0.6) is 0 Å². The second kappa shape index (κ2) is 9.29. The molecule has 0 saturated carbocycles. The van der Waals surface area contributed by atoms with Crippen LogP contribution in [0.2, 0.25) is 0 Å². The molecule has 24 heavy (non-hydrogen) atoms. The molecule has 0 amide bonds. The molecule has 136 valence electrons. The van der Waals surface area contributed by atoms with Crippen molar-refractivity contribution >= 4 is 11.9 Å². The molecule has 0 spiro atoms. The second-order valence-corrected chi connectivity index (χ2v) is 5.63. The van der Waals surface area contributed by atoms with Crippen LogP contribution in [0.25, 0.3) is 0 Å². The zero-order valence-electron chi connectivity index (χ0n) is 14.4. The van der Waals surface area contributed by atoms with Crippen molar-refractivity contribution in [2.24, 2.45) is 10.9 Å². The Morgan fingerprint density at radius 1 is 1.29 bits per heavy atom. The highest BCUT2D eigenvalue weighted by atomic mass is 19.4. The smallest absolute Gasteiger partial charge is 0.357 e. The third kappa shape index (κ3) is 7.01. The fourth-order valence-electron chi connectivity index (χ4n) is 1.64. The minimum absolute atomic E-state index is 0.0615. The van der Waals surface area contributed by atoms with Gasteiger partial charge in [0.15, 0.2) is 5.96 Å². The van der Waals surface area contributed by atoms with Crippen molar-refractivity contribution in [3.05, 3.63) is 18.0 Å². The molecule has 1 rings (SSSR count). The minimum atomic E-state index is -4.48. The number of guanidine groups is 1. The third-order valence-corrected chi connectivity index (χ3v) is 3.32. The lowest BCUT2D eigenvalue weighted by atomic mass is 10.1. The van der Waals surface area contributed by atoms with E-state index in [4.69, 9.17) is 0 Å². The van der Waals surface area contributed by atoms with Crippen molar-refractivity contribution in [3.63, 3.8) is 0 Å². The monoisotopic (exact) mass is 346 g/mol. The van der Waals surface area contributed by atoms with Crippen molar-refractivity contribution in [2.75, 3.05) is 25.0 Å². The maximum absolute atomic E-state index is 12.6. The average molecular weight is 346 g/mol. The van der Waals surface area contributed by atoms with E-state index >= 15 is 0 Å².